The first-order valence-corrected chi connectivity index (χ1v) is 6.17. The zero-order valence-corrected chi connectivity index (χ0v) is 11.7. The second kappa shape index (κ2) is 5.44. The molecule has 5 heteroatoms. The average Bonchev–Trinajstić information content (AvgIpc) is 2.61. The zero-order chi connectivity index (χ0) is 11.8. The molecule has 0 aromatic rings. The molecule has 2 fully saturated rings. The summed E-state index contributed by atoms with van der Waals surface area (Å²) in [5.41, 5.74) is -0.392. The Morgan fingerprint density at radius 2 is 2.06 bits per heavy atom. The number of likely N-dealkylation sites (tertiary alicyclic amines) is 1. The molecule has 1 amide bonds. The lowest BCUT2D eigenvalue weighted by Crippen LogP contribution is -2.50. The minimum absolute atomic E-state index is 0. The van der Waals surface area contributed by atoms with Gasteiger partial charge in [0.2, 0.25) is 0 Å². The summed E-state index contributed by atoms with van der Waals surface area (Å²) in [4.78, 5) is 13.7. The first kappa shape index (κ1) is 14.6. The fourth-order valence-electron chi connectivity index (χ4n) is 2.52. The maximum Gasteiger partial charge on any atom is 0.410 e. The van der Waals surface area contributed by atoms with Crippen LogP contribution in [0.2, 0.25) is 0 Å². The summed E-state index contributed by atoms with van der Waals surface area (Å²) in [5.74, 6) is 0.763. The predicted octanol–water partition coefficient (Wildman–Crippen LogP) is 2.03. The van der Waals surface area contributed by atoms with E-state index in [1.54, 1.807) is 0 Å². The molecule has 2 unspecified atom stereocenters. The monoisotopic (exact) mass is 262 g/mol. The van der Waals surface area contributed by atoms with Crippen LogP contribution < -0.4 is 5.32 Å². The van der Waals surface area contributed by atoms with Crippen LogP contribution in [0.25, 0.3) is 0 Å². The smallest absolute Gasteiger partial charge is 0.410 e. The Bertz CT molecular complexity index is 278. The third-order valence-electron chi connectivity index (χ3n) is 3.33. The van der Waals surface area contributed by atoms with Crippen molar-refractivity contribution in [3.63, 3.8) is 0 Å². The van der Waals surface area contributed by atoms with Gasteiger partial charge in [-0.25, -0.2) is 4.79 Å². The number of nitrogens with zero attached hydrogens (tertiary/aromatic N) is 1. The van der Waals surface area contributed by atoms with Crippen molar-refractivity contribution in [3.8, 4) is 0 Å². The van der Waals surface area contributed by atoms with Crippen LogP contribution in [-0.4, -0.2) is 42.3 Å². The maximum atomic E-state index is 11.9. The number of carbonyl (C=O) groups excluding carboxylic acids is 1. The summed E-state index contributed by atoms with van der Waals surface area (Å²) in [5, 5.41) is 3.46. The molecule has 2 aliphatic heterocycles. The van der Waals surface area contributed by atoms with Crippen molar-refractivity contribution in [2.75, 3.05) is 19.6 Å². The summed E-state index contributed by atoms with van der Waals surface area (Å²) in [6, 6.07) is 0.487. The molecule has 0 aromatic heterocycles. The largest absolute Gasteiger partial charge is 0.444 e. The van der Waals surface area contributed by atoms with Crippen molar-refractivity contribution in [1.82, 2.24) is 10.2 Å². The first-order chi connectivity index (χ1) is 7.46. The summed E-state index contributed by atoms with van der Waals surface area (Å²) in [6.07, 6.45) is 2.20. The Morgan fingerprint density at radius 3 is 2.71 bits per heavy atom. The van der Waals surface area contributed by atoms with Crippen molar-refractivity contribution in [2.24, 2.45) is 5.92 Å². The number of hydrogen-bond donors (Lipinski definition) is 1. The van der Waals surface area contributed by atoms with Crippen LogP contribution in [0, 0.1) is 5.92 Å². The number of nitrogens with one attached hydrogen (secondary N) is 1. The average molecular weight is 263 g/mol. The lowest BCUT2D eigenvalue weighted by molar-refractivity contribution is 0.0164. The summed E-state index contributed by atoms with van der Waals surface area (Å²) in [6.45, 7) is 8.47. The Hall–Kier alpha value is -0.480. The fourth-order valence-corrected chi connectivity index (χ4v) is 2.52. The molecule has 100 valence electrons. The highest BCUT2D eigenvalue weighted by Gasteiger charge is 2.35. The highest BCUT2D eigenvalue weighted by molar-refractivity contribution is 5.85. The van der Waals surface area contributed by atoms with Crippen LogP contribution in [0.3, 0.4) is 0 Å². The van der Waals surface area contributed by atoms with Gasteiger partial charge in [0.1, 0.15) is 5.60 Å². The van der Waals surface area contributed by atoms with Gasteiger partial charge in [-0.2, -0.15) is 0 Å². The summed E-state index contributed by atoms with van der Waals surface area (Å²) >= 11 is 0. The molecule has 0 aliphatic carbocycles. The number of rotatable bonds is 0. The van der Waals surface area contributed by atoms with Crippen LogP contribution in [0.5, 0.6) is 0 Å². The highest BCUT2D eigenvalue weighted by Crippen LogP contribution is 2.25. The Balaban J connectivity index is 0.00000144. The minimum atomic E-state index is -0.392. The summed E-state index contributed by atoms with van der Waals surface area (Å²) < 4.78 is 5.38. The molecule has 4 nitrogen and oxygen atoms in total. The number of halogens is 1. The van der Waals surface area contributed by atoms with Gasteiger partial charge < -0.3 is 15.0 Å². The second-order valence-corrected chi connectivity index (χ2v) is 5.82. The van der Waals surface area contributed by atoms with Gasteiger partial charge in [0.25, 0.3) is 0 Å². The normalized spacial score (nSPS) is 28.3. The quantitative estimate of drug-likeness (QED) is 0.726. The van der Waals surface area contributed by atoms with Crippen molar-refractivity contribution >= 4 is 18.5 Å². The molecule has 2 atom stereocenters. The van der Waals surface area contributed by atoms with Crippen LogP contribution in [0.15, 0.2) is 0 Å². The molecule has 2 rings (SSSR count). The molecule has 0 aromatic carbocycles. The van der Waals surface area contributed by atoms with Crippen molar-refractivity contribution in [1.29, 1.82) is 0 Å². The van der Waals surface area contributed by atoms with Gasteiger partial charge >= 0.3 is 6.09 Å². The number of piperidine rings is 1. The van der Waals surface area contributed by atoms with E-state index in [2.05, 4.69) is 5.32 Å². The zero-order valence-electron chi connectivity index (χ0n) is 10.9. The van der Waals surface area contributed by atoms with Crippen LogP contribution in [0.4, 0.5) is 4.79 Å². The van der Waals surface area contributed by atoms with Gasteiger partial charge in [-0.05, 0) is 46.1 Å². The predicted molar refractivity (Wildman–Crippen MR) is 69.6 cm³/mol. The van der Waals surface area contributed by atoms with Gasteiger partial charge in [0, 0.05) is 19.1 Å². The number of ether oxygens (including phenoxy) is 1. The van der Waals surface area contributed by atoms with Gasteiger partial charge in [-0.3, -0.25) is 0 Å². The molecular weight excluding hydrogens is 240 g/mol. The molecule has 0 bridgehead atoms. The maximum absolute atomic E-state index is 11.9. The number of carbonyl (C=O) groups is 1. The Kier molecular flexibility index (Phi) is 4.67. The van der Waals surface area contributed by atoms with E-state index in [9.17, 15) is 4.79 Å². The van der Waals surface area contributed by atoms with E-state index in [1.165, 1.54) is 6.42 Å². The molecule has 0 saturated carbocycles. The number of amides is 1. The van der Waals surface area contributed by atoms with Crippen molar-refractivity contribution < 1.29 is 9.53 Å². The van der Waals surface area contributed by atoms with E-state index in [-0.39, 0.29) is 18.5 Å². The molecule has 0 spiro atoms. The summed E-state index contributed by atoms with van der Waals surface area (Å²) in [7, 11) is 0. The van der Waals surface area contributed by atoms with Gasteiger partial charge in [-0.15, -0.1) is 12.4 Å². The molecule has 2 saturated heterocycles. The van der Waals surface area contributed by atoms with Crippen molar-refractivity contribution in [2.45, 2.75) is 45.3 Å². The standard InChI is InChI=1S/C12H22N2O2.ClH/c1-12(2,3)16-11(15)14-7-5-9-4-6-13-10(9)8-14;/h9-10,13H,4-8H2,1-3H3;1H. The first-order valence-electron chi connectivity index (χ1n) is 6.17. The topological polar surface area (TPSA) is 41.6 Å². The number of fused-ring (bicyclic) bond motifs is 1. The van der Waals surface area contributed by atoms with Gasteiger partial charge in [-0.1, -0.05) is 0 Å². The lowest BCUT2D eigenvalue weighted by Gasteiger charge is -2.35. The Morgan fingerprint density at radius 1 is 1.35 bits per heavy atom. The molecule has 0 radical (unpaired) electrons. The third-order valence-corrected chi connectivity index (χ3v) is 3.33. The van der Waals surface area contributed by atoms with Crippen LogP contribution >= 0.6 is 12.4 Å². The Labute approximate surface area is 109 Å². The SMILES string of the molecule is CC(C)(C)OC(=O)N1CCC2CCNC2C1.Cl. The van der Waals surface area contributed by atoms with Gasteiger partial charge in [0.15, 0.2) is 0 Å². The van der Waals surface area contributed by atoms with Gasteiger partial charge in [0.05, 0.1) is 0 Å². The number of hydrogen-bond acceptors (Lipinski definition) is 3. The molecule has 2 aliphatic rings. The molecule has 1 N–H and O–H groups in total. The van der Waals surface area contributed by atoms with Crippen LogP contribution in [-0.2, 0) is 4.74 Å². The minimum Gasteiger partial charge on any atom is -0.444 e. The second-order valence-electron chi connectivity index (χ2n) is 5.82. The van der Waals surface area contributed by atoms with E-state index in [1.807, 2.05) is 25.7 Å². The van der Waals surface area contributed by atoms with E-state index < -0.39 is 5.60 Å². The lowest BCUT2D eigenvalue weighted by atomic mass is 9.93. The van der Waals surface area contributed by atoms with E-state index in [0.29, 0.717) is 6.04 Å². The van der Waals surface area contributed by atoms with Crippen LogP contribution in [0.1, 0.15) is 33.6 Å². The molecule has 2 heterocycles. The third kappa shape index (κ3) is 3.75. The van der Waals surface area contributed by atoms with E-state index in [0.717, 1.165) is 32.0 Å². The van der Waals surface area contributed by atoms with E-state index >= 15 is 0 Å². The van der Waals surface area contributed by atoms with E-state index in [4.69, 9.17) is 4.74 Å². The fraction of sp³-hybridized carbons (Fsp3) is 0.917. The molecular formula is C12H23ClN2O2. The molecule has 17 heavy (non-hydrogen) atoms. The highest BCUT2D eigenvalue weighted by atomic mass is 35.5. The van der Waals surface area contributed by atoms with Crippen molar-refractivity contribution in [3.05, 3.63) is 0 Å².